The van der Waals surface area contributed by atoms with Crippen LogP contribution in [-0.2, 0) is 4.79 Å². The summed E-state index contributed by atoms with van der Waals surface area (Å²) >= 11 is 0. The maximum Gasteiger partial charge on any atom is 0.251 e. The Morgan fingerprint density at radius 3 is 2.32 bits per heavy atom. The molecule has 0 radical (unpaired) electrons. The van der Waals surface area contributed by atoms with Gasteiger partial charge in [0.2, 0.25) is 5.91 Å². The number of aryl methyl sites for hydroxylation is 1. The van der Waals surface area contributed by atoms with Crippen molar-refractivity contribution in [3.05, 3.63) is 59.7 Å². The zero-order valence-electron chi connectivity index (χ0n) is 16.5. The van der Waals surface area contributed by atoms with E-state index in [1.165, 1.54) is 32.1 Å². The number of hydrogen-bond acceptors (Lipinski definition) is 3. The number of rotatable bonds is 7. The van der Waals surface area contributed by atoms with Crippen LogP contribution in [0, 0.1) is 6.92 Å². The van der Waals surface area contributed by atoms with Crippen LogP contribution in [0.15, 0.2) is 48.5 Å². The first kappa shape index (κ1) is 19.9. The lowest BCUT2D eigenvalue weighted by Crippen LogP contribution is -2.28. The van der Waals surface area contributed by atoms with E-state index in [0.29, 0.717) is 18.2 Å². The number of carbonyl (C=O) groups is 2. The van der Waals surface area contributed by atoms with Gasteiger partial charge in [-0.3, -0.25) is 9.59 Å². The summed E-state index contributed by atoms with van der Waals surface area (Å²) in [6, 6.07) is 15.8. The molecule has 2 amide bonds. The summed E-state index contributed by atoms with van der Waals surface area (Å²) in [7, 11) is 0. The van der Waals surface area contributed by atoms with Crippen molar-refractivity contribution >= 4 is 23.2 Å². The van der Waals surface area contributed by atoms with E-state index in [-0.39, 0.29) is 18.2 Å². The Hall–Kier alpha value is -2.82. The summed E-state index contributed by atoms with van der Waals surface area (Å²) in [5.41, 5.74) is 3.43. The summed E-state index contributed by atoms with van der Waals surface area (Å²) in [6.07, 6.45) is 6.63. The number of nitrogens with one attached hydrogen (secondary N) is 3. The van der Waals surface area contributed by atoms with Crippen molar-refractivity contribution in [2.75, 3.05) is 17.2 Å². The fraction of sp³-hybridized carbons (Fsp3) is 0.391. The summed E-state index contributed by atoms with van der Waals surface area (Å²) in [5.74, 6) is -0.262. The van der Waals surface area contributed by atoms with E-state index >= 15 is 0 Å². The second kappa shape index (κ2) is 9.93. The standard InChI is InChI=1S/C23H29N3O2/c1-17-7-5-6-10-21(17)23(28)24-16-15-22(27)26-20-13-11-19(12-14-20)25-18-8-3-2-4-9-18/h5-7,10-14,18,25H,2-4,8-9,15-16H2,1H3,(H,24,28)(H,26,27). The molecular formula is C23H29N3O2. The molecule has 0 heterocycles. The van der Waals surface area contributed by atoms with Crippen molar-refractivity contribution in [2.24, 2.45) is 0 Å². The van der Waals surface area contributed by atoms with Gasteiger partial charge in [0.05, 0.1) is 0 Å². The monoisotopic (exact) mass is 379 g/mol. The third-order valence-electron chi connectivity index (χ3n) is 5.17. The van der Waals surface area contributed by atoms with Crippen LogP contribution in [0.5, 0.6) is 0 Å². The molecule has 148 valence electrons. The number of hydrogen-bond donors (Lipinski definition) is 3. The Bertz CT molecular complexity index is 796. The van der Waals surface area contributed by atoms with Crippen molar-refractivity contribution in [3.8, 4) is 0 Å². The highest BCUT2D eigenvalue weighted by atomic mass is 16.2. The average Bonchev–Trinajstić information content (AvgIpc) is 2.70. The normalized spacial score (nSPS) is 14.3. The second-order valence-corrected chi connectivity index (χ2v) is 7.43. The van der Waals surface area contributed by atoms with E-state index in [2.05, 4.69) is 16.0 Å². The fourth-order valence-corrected chi connectivity index (χ4v) is 3.57. The fourth-order valence-electron chi connectivity index (χ4n) is 3.57. The van der Waals surface area contributed by atoms with Crippen LogP contribution in [0.3, 0.4) is 0 Å². The van der Waals surface area contributed by atoms with Gasteiger partial charge in [0.25, 0.3) is 5.91 Å². The first-order valence-electron chi connectivity index (χ1n) is 10.1. The molecule has 0 aromatic heterocycles. The lowest BCUT2D eigenvalue weighted by molar-refractivity contribution is -0.116. The van der Waals surface area contributed by atoms with Crippen LogP contribution < -0.4 is 16.0 Å². The van der Waals surface area contributed by atoms with Crippen molar-refractivity contribution < 1.29 is 9.59 Å². The molecule has 5 nitrogen and oxygen atoms in total. The summed E-state index contributed by atoms with van der Waals surface area (Å²) in [6.45, 7) is 2.20. The highest BCUT2D eigenvalue weighted by Crippen LogP contribution is 2.22. The maximum absolute atomic E-state index is 12.2. The second-order valence-electron chi connectivity index (χ2n) is 7.43. The molecule has 1 fully saturated rings. The van der Waals surface area contributed by atoms with Gasteiger partial charge in [-0.05, 0) is 55.7 Å². The number of amides is 2. The predicted octanol–water partition coefficient (Wildman–Crippen LogP) is 4.50. The lowest BCUT2D eigenvalue weighted by atomic mass is 9.95. The van der Waals surface area contributed by atoms with E-state index in [1.807, 2.05) is 49.4 Å². The zero-order valence-corrected chi connectivity index (χ0v) is 16.5. The molecule has 0 spiro atoms. The smallest absolute Gasteiger partial charge is 0.251 e. The first-order chi connectivity index (χ1) is 13.6. The van der Waals surface area contributed by atoms with E-state index in [0.717, 1.165) is 16.9 Å². The van der Waals surface area contributed by atoms with Crippen molar-refractivity contribution in [1.29, 1.82) is 0 Å². The zero-order chi connectivity index (χ0) is 19.8. The molecule has 2 aromatic rings. The first-order valence-corrected chi connectivity index (χ1v) is 10.1. The summed E-state index contributed by atoms with van der Waals surface area (Å²) in [4.78, 5) is 24.3. The van der Waals surface area contributed by atoms with Crippen LogP contribution in [0.2, 0.25) is 0 Å². The summed E-state index contributed by atoms with van der Waals surface area (Å²) < 4.78 is 0. The molecule has 3 rings (SSSR count). The molecule has 0 unspecified atom stereocenters. The largest absolute Gasteiger partial charge is 0.382 e. The Balaban J connectivity index is 1.40. The lowest BCUT2D eigenvalue weighted by Gasteiger charge is -2.23. The van der Waals surface area contributed by atoms with Crippen molar-refractivity contribution in [2.45, 2.75) is 51.5 Å². The Kier molecular flexibility index (Phi) is 7.06. The molecule has 5 heteroatoms. The van der Waals surface area contributed by atoms with Crippen LogP contribution in [0.4, 0.5) is 11.4 Å². The van der Waals surface area contributed by atoms with Crippen molar-refractivity contribution in [3.63, 3.8) is 0 Å². The molecule has 0 aliphatic heterocycles. The van der Waals surface area contributed by atoms with E-state index < -0.39 is 0 Å². The quantitative estimate of drug-likeness (QED) is 0.663. The number of benzene rings is 2. The molecule has 1 aliphatic rings. The van der Waals surface area contributed by atoms with Crippen LogP contribution in [0.25, 0.3) is 0 Å². The molecular weight excluding hydrogens is 350 g/mol. The third-order valence-corrected chi connectivity index (χ3v) is 5.17. The molecule has 28 heavy (non-hydrogen) atoms. The van der Waals surface area contributed by atoms with Crippen LogP contribution in [0.1, 0.15) is 54.4 Å². The van der Waals surface area contributed by atoms with Gasteiger partial charge in [0, 0.05) is 35.9 Å². The Labute approximate surface area is 166 Å². The van der Waals surface area contributed by atoms with Gasteiger partial charge in [-0.15, -0.1) is 0 Å². The van der Waals surface area contributed by atoms with Gasteiger partial charge in [-0.2, -0.15) is 0 Å². The molecule has 1 saturated carbocycles. The van der Waals surface area contributed by atoms with Crippen molar-refractivity contribution in [1.82, 2.24) is 5.32 Å². The minimum Gasteiger partial charge on any atom is -0.382 e. The molecule has 1 aliphatic carbocycles. The highest BCUT2D eigenvalue weighted by Gasteiger charge is 2.13. The van der Waals surface area contributed by atoms with E-state index in [4.69, 9.17) is 0 Å². The Morgan fingerprint density at radius 1 is 0.929 bits per heavy atom. The number of carbonyl (C=O) groups excluding carboxylic acids is 2. The van der Waals surface area contributed by atoms with Crippen LogP contribution in [-0.4, -0.2) is 24.4 Å². The molecule has 0 atom stereocenters. The Morgan fingerprint density at radius 2 is 1.61 bits per heavy atom. The van der Waals surface area contributed by atoms with E-state index in [9.17, 15) is 9.59 Å². The topological polar surface area (TPSA) is 70.2 Å². The van der Waals surface area contributed by atoms with Crippen LogP contribution >= 0.6 is 0 Å². The van der Waals surface area contributed by atoms with Gasteiger partial charge in [0.1, 0.15) is 0 Å². The molecule has 0 saturated heterocycles. The third kappa shape index (κ3) is 5.84. The van der Waals surface area contributed by atoms with Gasteiger partial charge >= 0.3 is 0 Å². The predicted molar refractivity (Wildman–Crippen MR) is 114 cm³/mol. The minimum atomic E-state index is -0.149. The highest BCUT2D eigenvalue weighted by molar-refractivity contribution is 5.96. The van der Waals surface area contributed by atoms with Gasteiger partial charge < -0.3 is 16.0 Å². The molecule has 0 bridgehead atoms. The van der Waals surface area contributed by atoms with Gasteiger partial charge in [-0.25, -0.2) is 0 Å². The molecule has 2 aromatic carbocycles. The SMILES string of the molecule is Cc1ccccc1C(=O)NCCC(=O)Nc1ccc(NC2CCCCC2)cc1. The average molecular weight is 380 g/mol. The van der Waals surface area contributed by atoms with Gasteiger partial charge in [-0.1, -0.05) is 37.5 Å². The van der Waals surface area contributed by atoms with Gasteiger partial charge in [0.15, 0.2) is 0 Å². The molecule has 3 N–H and O–H groups in total. The maximum atomic E-state index is 12.2. The van der Waals surface area contributed by atoms with E-state index in [1.54, 1.807) is 6.07 Å². The minimum absolute atomic E-state index is 0.113. The number of anilines is 2. The summed E-state index contributed by atoms with van der Waals surface area (Å²) in [5, 5.41) is 9.25.